The Morgan fingerprint density at radius 2 is 1.87 bits per heavy atom. The van der Waals surface area contributed by atoms with Gasteiger partial charge in [-0.1, -0.05) is 17.7 Å². The van der Waals surface area contributed by atoms with Gasteiger partial charge in [0.05, 0.1) is 18.2 Å². The second kappa shape index (κ2) is 9.05. The van der Waals surface area contributed by atoms with Crippen LogP contribution in [0.2, 0.25) is 5.02 Å². The molecule has 3 aromatic carbocycles. The molecule has 3 rings (SSSR count). The lowest BCUT2D eigenvalue weighted by molar-refractivity contribution is 0.0946. The molecule has 0 radical (unpaired) electrons. The van der Waals surface area contributed by atoms with Crippen molar-refractivity contribution in [3.05, 3.63) is 87.4 Å². The van der Waals surface area contributed by atoms with E-state index in [1.807, 2.05) is 0 Å². The maximum Gasteiger partial charge on any atom is 0.254 e. The van der Waals surface area contributed by atoms with Gasteiger partial charge in [-0.25, -0.2) is 8.78 Å². The molecular weight excluding hydrogens is 412 g/mol. The highest BCUT2D eigenvalue weighted by Gasteiger charge is 2.15. The second-order valence-electron chi connectivity index (χ2n) is 6.64. The largest absolute Gasteiger partial charge is 0.496 e. The van der Waals surface area contributed by atoms with Gasteiger partial charge >= 0.3 is 0 Å². The third-order valence-corrected chi connectivity index (χ3v) is 4.91. The summed E-state index contributed by atoms with van der Waals surface area (Å²) in [5, 5.41) is 2.85. The maximum absolute atomic E-state index is 14.0. The normalized spacial score (nSPS) is 10.6. The Kier molecular flexibility index (Phi) is 6.47. The van der Waals surface area contributed by atoms with Crippen LogP contribution in [0.3, 0.4) is 0 Å². The summed E-state index contributed by atoms with van der Waals surface area (Å²) < 4.78 is 33.2. The van der Waals surface area contributed by atoms with Crippen molar-refractivity contribution in [2.24, 2.45) is 0 Å². The molecule has 0 atom stereocenters. The fourth-order valence-corrected chi connectivity index (χ4v) is 3.28. The van der Waals surface area contributed by atoms with Crippen LogP contribution >= 0.6 is 11.6 Å². The van der Waals surface area contributed by atoms with Crippen molar-refractivity contribution in [3.8, 4) is 16.9 Å². The van der Waals surface area contributed by atoms with E-state index in [4.69, 9.17) is 16.3 Å². The quantitative estimate of drug-likeness (QED) is 0.538. The molecule has 0 aromatic heterocycles. The lowest BCUT2D eigenvalue weighted by Gasteiger charge is -2.14. The minimum absolute atomic E-state index is 0.0421. The summed E-state index contributed by atoms with van der Waals surface area (Å²) in [6.45, 7) is 1.81. The van der Waals surface area contributed by atoms with Gasteiger partial charge in [0.2, 0.25) is 0 Å². The molecule has 7 heteroatoms. The van der Waals surface area contributed by atoms with Gasteiger partial charge in [0.25, 0.3) is 5.91 Å². The van der Waals surface area contributed by atoms with Gasteiger partial charge in [0.15, 0.2) is 6.29 Å². The molecule has 0 spiro atoms. The number of benzene rings is 3. The van der Waals surface area contributed by atoms with Crippen LogP contribution in [-0.2, 0) is 6.54 Å². The van der Waals surface area contributed by atoms with Crippen molar-refractivity contribution < 1.29 is 23.1 Å². The third kappa shape index (κ3) is 4.49. The zero-order valence-corrected chi connectivity index (χ0v) is 17.0. The number of methoxy groups -OCH3 is 1. The molecule has 1 amide bonds. The lowest BCUT2D eigenvalue weighted by atomic mass is 9.96. The molecule has 0 saturated carbocycles. The lowest BCUT2D eigenvalue weighted by Crippen LogP contribution is -2.24. The average Bonchev–Trinajstić information content (AvgIpc) is 2.72. The number of carbonyl (C=O) groups excluding carboxylic acids is 2. The highest BCUT2D eigenvalue weighted by molar-refractivity contribution is 6.30. The Morgan fingerprint density at radius 1 is 1.10 bits per heavy atom. The predicted octanol–water partition coefficient (Wildman–Crippen LogP) is 5.34. The van der Waals surface area contributed by atoms with Gasteiger partial charge in [0, 0.05) is 17.1 Å². The highest BCUT2D eigenvalue weighted by atomic mass is 35.5. The van der Waals surface area contributed by atoms with Gasteiger partial charge in [-0.3, -0.25) is 9.59 Å². The van der Waals surface area contributed by atoms with Crippen molar-refractivity contribution in [2.75, 3.05) is 7.11 Å². The van der Waals surface area contributed by atoms with Crippen LogP contribution in [0.4, 0.5) is 8.78 Å². The molecule has 0 aliphatic carbocycles. The summed E-state index contributed by atoms with van der Waals surface area (Å²) in [6, 6.07) is 11.8. The number of aryl methyl sites for hydroxylation is 1. The Balaban J connectivity index is 1.90. The number of hydrogen-bond acceptors (Lipinski definition) is 3. The first-order valence-corrected chi connectivity index (χ1v) is 9.37. The summed E-state index contributed by atoms with van der Waals surface area (Å²) in [5.74, 6) is -1.38. The van der Waals surface area contributed by atoms with E-state index in [1.165, 1.54) is 31.4 Å². The molecule has 30 heavy (non-hydrogen) atoms. The third-order valence-electron chi connectivity index (χ3n) is 4.68. The fourth-order valence-electron chi connectivity index (χ4n) is 3.12. The number of carbonyl (C=O) groups is 2. The van der Waals surface area contributed by atoms with Crippen LogP contribution in [0.1, 0.15) is 31.8 Å². The standard InChI is InChI=1S/C23H18ClF2NO3/c1-13-7-20(25)16(12-28)9-19(13)14-3-6-22(30-2)15(8-14)11-27-23(29)18-5-4-17(24)10-21(18)26/h3-10,12H,11H2,1-2H3,(H,27,29). The Morgan fingerprint density at radius 3 is 2.53 bits per heavy atom. The van der Waals surface area contributed by atoms with Crippen molar-refractivity contribution in [1.82, 2.24) is 5.32 Å². The number of rotatable bonds is 6. The highest BCUT2D eigenvalue weighted by Crippen LogP contribution is 2.30. The molecule has 0 heterocycles. The first-order valence-electron chi connectivity index (χ1n) is 9.00. The van der Waals surface area contributed by atoms with E-state index in [2.05, 4.69) is 5.32 Å². The summed E-state index contributed by atoms with van der Waals surface area (Å²) >= 11 is 5.72. The summed E-state index contributed by atoms with van der Waals surface area (Å²) in [7, 11) is 1.49. The monoisotopic (exact) mass is 429 g/mol. The number of amides is 1. The minimum atomic E-state index is -0.718. The topological polar surface area (TPSA) is 55.4 Å². The molecule has 0 unspecified atom stereocenters. The van der Waals surface area contributed by atoms with Gasteiger partial charge in [0.1, 0.15) is 17.4 Å². The number of hydrogen-bond donors (Lipinski definition) is 1. The molecule has 154 valence electrons. The Labute approximate surface area is 177 Å². The zero-order valence-electron chi connectivity index (χ0n) is 16.3. The van der Waals surface area contributed by atoms with Gasteiger partial charge in [-0.15, -0.1) is 0 Å². The van der Waals surface area contributed by atoms with Gasteiger partial charge < -0.3 is 10.1 Å². The number of ether oxygens (including phenoxy) is 1. The van der Waals surface area contributed by atoms with Crippen molar-refractivity contribution >= 4 is 23.8 Å². The van der Waals surface area contributed by atoms with Crippen LogP contribution in [0.25, 0.3) is 11.1 Å². The minimum Gasteiger partial charge on any atom is -0.496 e. The Bertz CT molecular complexity index is 1130. The van der Waals surface area contributed by atoms with Gasteiger partial charge in [-0.05, 0) is 66.1 Å². The zero-order chi connectivity index (χ0) is 21.8. The molecule has 0 saturated heterocycles. The van der Waals surface area contributed by atoms with E-state index in [9.17, 15) is 18.4 Å². The van der Waals surface area contributed by atoms with Crippen LogP contribution in [0, 0.1) is 18.6 Å². The Hall–Kier alpha value is -3.25. The number of nitrogens with one attached hydrogen (secondary N) is 1. The SMILES string of the molecule is COc1ccc(-c2cc(C=O)c(F)cc2C)cc1CNC(=O)c1ccc(Cl)cc1F. The second-order valence-corrected chi connectivity index (χ2v) is 7.08. The van der Waals surface area contributed by atoms with Crippen LogP contribution in [-0.4, -0.2) is 19.3 Å². The molecule has 0 aliphatic heterocycles. The van der Waals surface area contributed by atoms with Gasteiger partial charge in [-0.2, -0.15) is 0 Å². The molecular formula is C23H18ClF2NO3. The predicted molar refractivity (Wildman–Crippen MR) is 111 cm³/mol. The molecule has 1 N–H and O–H groups in total. The molecule has 0 fully saturated rings. The molecule has 0 bridgehead atoms. The summed E-state index contributed by atoms with van der Waals surface area (Å²) in [5.41, 5.74) is 2.52. The molecule has 0 aliphatic rings. The smallest absolute Gasteiger partial charge is 0.254 e. The first-order chi connectivity index (χ1) is 14.3. The van der Waals surface area contributed by atoms with Crippen LogP contribution in [0.15, 0.2) is 48.5 Å². The average molecular weight is 430 g/mol. The number of aldehydes is 1. The van der Waals surface area contributed by atoms with E-state index >= 15 is 0 Å². The van der Waals surface area contributed by atoms with E-state index in [0.717, 1.165) is 11.6 Å². The van der Waals surface area contributed by atoms with E-state index in [1.54, 1.807) is 25.1 Å². The first kappa shape index (κ1) is 21.5. The summed E-state index contributed by atoms with van der Waals surface area (Å²) in [4.78, 5) is 23.5. The van der Waals surface area contributed by atoms with Crippen molar-refractivity contribution in [1.29, 1.82) is 0 Å². The van der Waals surface area contributed by atoms with E-state index in [0.29, 0.717) is 28.7 Å². The van der Waals surface area contributed by atoms with Crippen molar-refractivity contribution in [3.63, 3.8) is 0 Å². The molecule has 3 aromatic rings. The van der Waals surface area contributed by atoms with Crippen LogP contribution < -0.4 is 10.1 Å². The maximum atomic E-state index is 14.0. The van der Waals surface area contributed by atoms with Crippen molar-refractivity contribution in [2.45, 2.75) is 13.5 Å². The van der Waals surface area contributed by atoms with Crippen LogP contribution in [0.5, 0.6) is 5.75 Å². The molecule has 4 nitrogen and oxygen atoms in total. The number of halogens is 3. The van der Waals surface area contributed by atoms with E-state index < -0.39 is 17.5 Å². The summed E-state index contributed by atoms with van der Waals surface area (Å²) in [6.07, 6.45) is 0.462. The fraction of sp³-hybridized carbons (Fsp3) is 0.130. The van der Waals surface area contributed by atoms with E-state index in [-0.39, 0.29) is 22.7 Å².